The van der Waals surface area contributed by atoms with E-state index in [0.29, 0.717) is 17.3 Å². The van der Waals surface area contributed by atoms with E-state index >= 15 is 0 Å². The van der Waals surface area contributed by atoms with Gasteiger partial charge >= 0.3 is 0 Å². The van der Waals surface area contributed by atoms with E-state index in [4.69, 9.17) is 0 Å². The number of benzene rings is 1. The predicted molar refractivity (Wildman–Crippen MR) is 106 cm³/mol. The van der Waals surface area contributed by atoms with Crippen LogP contribution in [0, 0.1) is 11.8 Å². The van der Waals surface area contributed by atoms with E-state index in [1.165, 1.54) is 0 Å². The number of hydrogen-bond donors (Lipinski definition) is 1. The molecule has 142 valence electrons. The van der Waals surface area contributed by atoms with Crippen LogP contribution in [0.25, 0.3) is 0 Å². The Hall–Kier alpha value is -2.02. The van der Waals surface area contributed by atoms with Crippen molar-refractivity contribution in [3.63, 3.8) is 0 Å². The smallest absolute Gasteiger partial charge is 0.229 e. The molecule has 0 bridgehead atoms. The minimum atomic E-state index is -0.316. The highest BCUT2D eigenvalue weighted by Crippen LogP contribution is 2.42. The van der Waals surface area contributed by atoms with Crippen LogP contribution in [0.15, 0.2) is 28.7 Å². The average molecular weight is 431 g/mol. The SMILES string of the molecule is Cn1nnc(NC(=O)[C@H]2CCCC[C@H]2C(=O)c2ccc(Br)cc2)c1C1CC1. The fraction of sp³-hybridized carbons (Fsp3) is 0.500. The fourth-order valence-electron chi connectivity index (χ4n) is 4.06. The van der Waals surface area contributed by atoms with Crippen molar-refractivity contribution in [3.8, 4) is 0 Å². The number of carbonyl (C=O) groups excluding carboxylic acids is 2. The second kappa shape index (κ2) is 7.54. The molecule has 1 aromatic heterocycles. The van der Waals surface area contributed by atoms with Crippen molar-refractivity contribution >= 4 is 33.4 Å². The highest BCUT2D eigenvalue weighted by atomic mass is 79.9. The monoisotopic (exact) mass is 430 g/mol. The first-order valence-corrected chi connectivity index (χ1v) is 10.3. The number of amides is 1. The summed E-state index contributed by atoms with van der Waals surface area (Å²) in [7, 11) is 1.86. The summed E-state index contributed by atoms with van der Waals surface area (Å²) in [5.41, 5.74) is 1.66. The van der Waals surface area contributed by atoms with Gasteiger partial charge in [-0.15, -0.1) is 5.10 Å². The van der Waals surface area contributed by atoms with Gasteiger partial charge in [-0.2, -0.15) is 0 Å². The van der Waals surface area contributed by atoms with Gasteiger partial charge in [-0.05, 0) is 37.8 Å². The Morgan fingerprint density at radius 1 is 1.07 bits per heavy atom. The number of nitrogens with zero attached hydrogens (tertiary/aromatic N) is 3. The van der Waals surface area contributed by atoms with Crippen LogP contribution in [0.2, 0.25) is 0 Å². The lowest BCUT2D eigenvalue weighted by Gasteiger charge is -2.29. The predicted octanol–water partition coefficient (Wildman–Crippen LogP) is 4.08. The van der Waals surface area contributed by atoms with E-state index in [-0.39, 0.29) is 23.5 Å². The first-order valence-electron chi connectivity index (χ1n) is 9.55. The molecule has 27 heavy (non-hydrogen) atoms. The number of aryl methyl sites for hydroxylation is 1. The van der Waals surface area contributed by atoms with Crippen molar-refractivity contribution in [1.29, 1.82) is 0 Å². The number of aromatic nitrogens is 3. The molecule has 0 aliphatic heterocycles. The molecule has 2 aliphatic carbocycles. The quantitative estimate of drug-likeness (QED) is 0.724. The molecule has 0 unspecified atom stereocenters. The Bertz CT molecular complexity index is 857. The molecule has 0 spiro atoms. The first-order chi connectivity index (χ1) is 13.0. The molecule has 2 aromatic rings. The van der Waals surface area contributed by atoms with Gasteiger partial charge in [0.2, 0.25) is 5.91 Å². The minimum absolute atomic E-state index is 0.0592. The Morgan fingerprint density at radius 2 is 1.74 bits per heavy atom. The molecule has 0 radical (unpaired) electrons. The minimum Gasteiger partial charge on any atom is -0.307 e. The largest absolute Gasteiger partial charge is 0.307 e. The van der Waals surface area contributed by atoms with Crippen LogP contribution in [0.3, 0.4) is 0 Å². The number of ketones is 1. The summed E-state index contributed by atoms with van der Waals surface area (Å²) in [4.78, 5) is 26.1. The third kappa shape index (κ3) is 3.83. The van der Waals surface area contributed by atoms with Crippen LogP contribution in [0.4, 0.5) is 5.82 Å². The Balaban J connectivity index is 1.52. The molecule has 2 saturated carbocycles. The number of nitrogens with one attached hydrogen (secondary N) is 1. The number of rotatable bonds is 5. The molecule has 2 fully saturated rings. The van der Waals surface area contributed by atoms with Gasteiger partial charge < -0.3 is 5.32 Å². The number of hydrogen-bond acceptors (Lipinski definition) is 4. The summed E-state index contributed by atoms with van der Waals surface area (Å²) < 4.78 is 2.69. The van der Waals surface area contributed by atoms with Gasteiger partial charge in [-0.25, -0.2) is 4.68 Å². The third-order valence-electron chi connectivity index (χ3n) is 5.64. The van der Waals surface area contributed by atoms with E-state index in [0.717, 1.165) is 48.7 Å². The summed E-state index contributed by atoms with van der Waals surface area (Å²) in [6.07, 6.45) is 5.66. The number of anilines is 1. The third-order valence-corrected chi connectivity index (χ3v) is 6.17. The molecule has 7 heteroatoms. The molecular weight excluding hydrogens is 408 g/mol. The molecule has 6 nitrogen and oxygen atoms in total. The standard InChI is InChI=1S/C20H23BrN4O2/c1-25-17(12-6-7-12)19(23-24-25)22-20(27)16-5-3-2-4-15(16)18(26)13-8-10-14(21)11-9-13/h8-12,15-16H,2-7H2,1H3,(H,22,27)/t15-,16+/m1/s1. The molecule has 2 aliphatic rings. The zero-order valence-electron chi connectivity index (χ0n) is 15.3. The molecule has 4 rings (SSSR count). The zero-order valence-corrected chi connectivity index (χ0v) is 16.9. The highest BCUT2D eigenvalue weighted by Gasteiger charge is 2.37. The maximum atomic E-state index is 13.0. The van der Waals surface area contributed by atoms with Crippen molar-refractivity contribution in [2.24, 2.45) is 18.9 Å². The van der Waals surface area contributed by atoms with Crippen molar-refractivity contribution in [2.75, 3.05) is 5.32 Å². The van der Waals surface area contributed by atoms with E-state index < -0.39 is 0 Å². The molecule has 1 heterocycles. The lowest BCUT2D eigenvalue weighted by molar-refractivity contribution is -0.122. The van der Waals surface area contributed by atoms with Crippen LogP contribution < -0.4 is 5.32 Å². The van der Waals surface area contributed by atoms with Crippen LogP contribution in [0.1, 0.15) is 60.5 Å². The Labute approximate surface area is 166 Å². The first kappa shape index (κ1) is 18.3. The van der Waals surface area contributed by atoms with Crippen molar-refractivity contribution in [2.45, 2.75) is 44.4 Å². The molecule has 2 atom stereocenters. The number of halogens is 1. The van der Waals surface area contributed by atoms with Gasteiger partial charge in [0.15, 0.2) is 11.6 Å². The summed E-state index contributed by atoms with van der Waals surface area (Å²) in [5, 5.41) is 11.2. The van der Waals surface area contributed by atoms with E-state index in [1.807, 2.05) is 31.3 Å². The van der Waals surface area contributed by atoms with Crippen molar-refractivity contribution < 1.29 is 9.59 Å². The van der Waals surface area contributed by atoms with Crippen LogP contribution in [0.5, 0.6) is 0 Å². The fourth-order valence-corrected chi connectivity index (χ4v) is 4.33. The number of carbonyl (C=O) groups is 2. The second-order valence-electron chi connectivity index (χ2n) is 7.58. The summed E-state index contributed by atoms with van der Waals surface area (Å²) in [6.45, 7) is 0. The van der Waals surface area contributed by atoms with Crippen LogP contribution in [-0.2, 0) is 11.8 Å². The van der Waals surface area contributed by atoms with Gasteiger partial charge in [-0.3, -0.25) is 9.59 Å². The van der Waals surface area contributed by atoms with Crippen molar-refractivity contribution in [1.82, 2.24) is 15.0 Å². The van der Waals surface area contributed by atoms with Gasteiger partial charge in [0.1, 0.15) is 0 Å². The summed E-state index contributed by atoms with van der Waals surface area (Å²) >= 11 is 3.40. The van der Waals surface area contributed by atoms with Crippen molar-refractivity contribution in [3.05, 3.63) is 40.0 Å². The maximum Gasteiger partial charge on any atom is 0.229 e. The summed E-state index contributed by atoms with van der Waals surface area (Å²) in [6, 6.07) is 7.38. The number of Topliss-reactive ketones (excluding diaryl/α,β-unsaturated/α-hetero) is 1. The average Bonchev–Trinajstić information content (AvgIpc) is 3.45. The Kier molecular flexibility index (Phi) is 5.12. The van der Waals surface area contributed by atoms with Gasteiger partial charge in [0.25, 0.3) is 0 Å². The maximum absolute atomic E-state index is 13.0. The molecular formula is C20H23BrN4O2. The molecule has 1 aromatic carbocycles. The molecule has 0 saturated heterocycles. The normalized spacial score (nSPS) is 22.4. The van der Waals surface area contributed by atoms with Gasteiger partial charge in [0, 0.05) is 34.8 Å². The van der Waals surface area contributed by atoms with Crippen LogP contribution in [-0.4, -0.2) is 26.7 Å². The molecule has 1 N–H and O–H groups in total. The Morgan fingerprint density at radius 3 is 2.41 bits per heavy atom. The lowest BCUT2D eigenvalue weighted by atomic mass is 9.75. The van der Waals surface area contributed by atoms with E-state index in [1.54, 1.807) is 4.68 Å². The topological polar surface area (TPSA) is 76.9 Å². The lowest BCUT2D eigenvalue weighted by Crippen LogP contribution is -2.36. The summed E-state index contributed by atoms with van der Waals surface area (Å²) in [5.74, 6) is 0.360. The molecule has 1 amide bonds. The van der Waals surface area contributed by atoms with E-state index in [2.05, 4.69) is 31.6 Å². The second-order valence-corrected chi connectivity index (χ2v) is 8.49. The van der Waals surface area contributed by atoms with Gasteiger partial charge in [-0.1, -0.05) is 46.1 Å². The van der Waals surface area contributed by atoms with Crippen LogP contribution >= 0.6 is 15.9 Å². The van der Waals surface area contributed by atoms with Gasteiger partial charge in [0.05, 0.1) is 5.69 Å². The zero-order chi connectivity index (χ0) is 19.0. The van der Waals surface area contributed by atoms with E-state index in [9.17, 15) is 9.59 Å². The highest BCUT2D eigenvalue weighted by molar-refractivity contribution is 9.10.